The van der Waals surface area contributed by atoms with Crippen molar-refractivity contribution in [1.29, 1.82) is 0 Å². The van der Waals surface area contributed by atoms with Crippen molar-refractivity contribution >= 4 is 12.1 Å². The van der Waals surface area contributed by atoms with Gasteiger partial charge in [-0.2, -0.15) is 0 Å². The van der Waals surface area contributed by atoms with Crippen LogP contribution in [0.2, 0.25) is 0 Å². The summed E-state index contributed by atoms with van der Waals surface area (Å²) in [7, 11) is 0. The number of carbonyl (C=O) groups is 2. The van der Waals surface area contributed by atoms with E-state index in [1.54, 1.807) is 20.8 Å². The molecule has 0 fully saturated rings. The highest BCUT2D eigenvalue weighted by molar-refractivity contribution is 5.80. The van der Waals surface area contributed by atoms with Gasteiger partial charge in [0.05, 0.1) is 0 Å². The molecule has 1 amide bonds. The molecule has 1 rings (SSSR count). The van der Waals surface area contributed by atoms with Crippen LogP contribution in [0.25, 0.3) is 0 Å². The number of benzene rings is 1. The first-order chi connectivity index (χ1) is 10.1. The van der Waals surface area contributed by atoms with E-state index in [0.717, 1.165) is 5.56 Å². The highest BCUT2D eigenvalue weighted by Crippen LogP contribution is 2.13. The van der Waals surface area contributed by atoms with Gasteiger partial charge in [0.1, 0.15) is 11.6 Å². The number of aliphatic carboxylic acids is 1. The minimum atomic E-state index is -1.06. The van der Waals surface area contributed by atoms with Gasteiger partial charge in [0.15, 0.2) is 0 Å². The molecule has 5 nitrogen and oxygen atoms in total. The van der Waals surface area contributed by atoms with Gasteiger partial charge < -0.3 is 15.2 Å². The summed E-state index contributed by atoms with van der Waals surface area (Å²) in [6.45, 7) is 9.25. The normalized spacial score (nSPS) is 12.6. The molecule has 0 heterocycles. The largest absolute Gasteiger partial charge is 0.480 e. The van der Waals surface area contributed by atoms with E-state index in [-0.39, 0.29) is 0 Å². The Kier molecular flexibility index (Phi) is 5.97. The Balaban J connectivity index is 2.63. The number of nitrogens with one attached hydrogen (secondary N) is 1. The highest BCUT2D eigenvalue weighted by atomic mass is 16.6. The molecule has 0 aliphatic heterocycles. The summed E-state index contributed by atoms with van der Waals surface area (Å²) >= 11 is 0. The van der Waals surface area contributed by atoms with Gasteiger partial charge in [0, 0.05) is 0 Å². The number of amides is 1. The van der Waals surface area contributed by atoms with Crippen LogP contribution in [0.5, 0.6) is 0 Å². The molecule has 0 aliphatic rings. The zero-order valence-corrected chi connectivity index (χ0v) is 13.9. The fourth-order valence-electron chi connectivity index (χ4n) is 1.98. The summed E-state index contributed by atoms with van der Waals surface area (Å²) < 4.78 is 5.09. The average molecular weight is 307 g/mol. The second kappa shape index (κ2) is 7.29. The molecule has 5 heteroatoms. The smallest absolute Gasteiger partial charge is 0.408 e. The van der Waals surface area contributed by atoms with Gasteiger partial charge in [-0.3, -0.25) is 0 Å². The Morgan fingerprint density at radius 3 is 2.36 bits per heavy atom. The van der Waals surface area contributed by atoms with Crippen LogP contribution in [0.4, 0.5) is 4.79 Å². The lowest BCUT2D eigenvalue weighted by molar-refractivity contribution is -0.139. The minimum absolute atomic E-state index is 0.317. The number of rotatable bonds is 5. The van der Waals surface area contributed by atoms with Crippen LogP contribution in [0.3, 0.4) is 0 Å². The van der Waals surface area contributed by atoms with Crippen molar-refractivity contribution < 1.29 is 19.4 Å². The number of hydrogen-bond donors (Lipinski definition) is 2. The Morgan fingerprint density at radius 1 is 1.23 bits per heavy atom. The predicted molar refractivity (Wildman–Crippen MR) is 85.0 cm³/mol. The summed E-state index contributed by atoms with van der Waals surface area (Å²) in [6.07, 6.45) is 0.185. The van der Waals surface area contributed by atoms with Crippen LogP contribution in [-0.4, -0.2) is 28.8 Å². The molecular weight excluding hydrogens is 282 g/mol. The number of carboxylic acid groups (broad SMARTS) is 1. The molecule has 2 N–H and O–H groups in total. The van der Waals surface area contributed by atoms with E-state index in [1.165, 1.54) is 11.1 Å². The van der Waals surface area contributed by atoms with Crippen molar-refractivity contribution in [2.75, 3.05) is 0 Å². The van der Waals surface area contributed by atoms with Crippen molar-refractivity contribution in [3.63, 3.8) is 0 Å². The number of carboxylic acids is 1. The first-order valence-electron chi connectivity index (χ1n) is 7.37. The maximum atomic E-state index is 11.7. The lowest BCUT2D eigenvalue weighted by atomic mass is 10.0. The summed E-state index contributed by atoms with van der Waals surface area (Å²) in [4.78, 5) is 23.0. The molecule has 1 atom stereocenters. The van der Waals surface area contributed by atoms with Gasteiger partial charge in [-0.05, 0) is 64.2 Å². The van der Waals surface area contributed by atoms with Gasteiger partial charge in [-0.1, -0.05) is 18.2 Å². The van der Waals surface area contributed by atoms with Crippen molar-refractivity contribution in [2.24, 2.45) is 0 Å². The molecule has 22 heavy (non-hydrogen) atoms. The molecule has 0 bridgehead atoms. The molecule has 0 saturated heterocycles. The van der Waals surface area contributed by atoms with E-state index in [4.69, 9.17) is 4.74 Å². The van der Waals surface area contributed by atoms with Gasteiger partial charge in [0.25, 0.3) is 0 Å². The number of ether oxygens (including phenoxy) is 1. The van der Waals surface area contributed by atoms with Crippen LogP contribution in [-0.2, 0) is 16.0 Å². The standard InChI is InChI=1S/C17H25NO4/c1-11-6-7-13(10-12(11)2)8-9-14(15(19)20)18-16(21)22-17(3,4)5/h6-7,10,14H,8-9H2,1-5H3,(H,18,21)(H,19,20). The predicted octanol–water partition coefficient (Wildman–Crippen LogP) is 3.21. The minimum Gasteiger partial charge on any atom is -0.480 e. The van der Waals surface area contributed by atoms with Gasteiger partial charge in [-0.15, -0.1) is 0 Å². The molecule has 1 aromatic rings. The Hall–Kier alpha value is -2.04. The Labute approximate surface area is 131 Å². The van der Waals surface area contributed by atoms with Crippen LogP contribution in [0.1, 0.15) is 43.9 Å². The number of carbonyl (C=O) groups excluding carboxylic acids is 1. The fraction of sp³-hybridized carbons (Fsp3) is 0.529. The second-order valence-electron chi connectivity index (χ2n) is 6.49. The van der Waals surface area contributed by atoms with E-state index >= 15 is 0 Å². The van der Waals surface area contributed by atoms with Gasteiger partial charge >= 0.3 is 12.1 Å². The first-order valence-corrected chi connectivity index (χ1v) is 7.37. The zero-order chi connectivity index (χ0) is 16.9. The van der Waals surface area contributed by atoms with Crippen LogP contribution in [0.15, 0.2) is 18.2 Å². The van der Waals surface area contributed by atoms with Crippen molar-refractivity contribution in [3.05, 3.63) is 34.9 Å². The monoisotopic (exact) mass is 307 g/mol. The van der Waals surface area contributed by atoms with Crippen LogP contribution in [0, 0.1) is 13.8 Å². The lowest BCUT2D eigenvalue weighted by Gasteiger charge is -2.22. The summed E-state index contributed by atoms with van der Waals surface area (Å²) in [6, 6.07) is 5.08. The number of alkyl carbamates (subject to hydrolysis) is 1. The molecule has 0 spiro atoms. The zero-order valence-electron chi connectivity index (χ0n) is 13.9. The quantitative estimate of drug-likeness (QED) is 0.876. The Morgan fingerprint density at radius 2 is 1.86 bits per heavy atom. The third-order valence-corrected chi connectivity index (χ3v) is 3.28. The van der Waals surface area contributed by atoms with E-state index in [2.05, 4.69) is 5.32 Å². The second-order valence-corrected chi connectivity index (χ2v) is 6.49. The van der Waals surface area contributed by atoms with E-state index < -0.39 is 23.7 Å². The van der Waals surface area contributed by atoms with E-state index in [1.807, 2.05) is 32.0 Å². The molecule has 122 valence electrons. The summed E-state index contributed by atoms with van der Waals surface area (Å²) in [5.41, 5.74) is 2.77. The average Bonchev–Trinajstić information content (AvgIpc) is 2.36. The highest BCUT2D eigenvalue weighted by Gasteiger charge is 2.23. The number of hydrogen-bond acceptors (Lipinski definition) is 3. The van der Waals surface area contributed by atoms with E-state index in [9.17, 15) is 14.7 Å². The van der Waals surface area contributed by atoms with Gasteiger partial charge in [-0.25, -0.2) is 9.59 Å². The van der Waals surface area contributed by atoms with Crippen molar-refractivity contribution in [2.45, 2.75) is 59.1 Å². The molecule has 0 aromatic heterocycles. The SMILES string of the molecule is Cc1ccc(CCC(NC(=O)OC(C)(C)C)C(=O)O)cc1C. The lowest BCUT2D eigenvalue weighted by Crippen LogP contribution is -2.43. The van der Waals surface area contributed by atoms with Crippen LogP contribution < -0.4 is 5.32 Å². The van der Waals surface area contributed by atoms with Crippen molar-refractivity contribution in [1.82, 2.24) is 5.32 Å². The molecule has 1 unspecified atom stereocenters. The Bertz CT molecular complexity index is 546. The maximum Gasteiger partial charge on any atom is 0.408 e. The summed E-state index contributed by atoms with van der Waals surface area (Å²) in [5, 5.41) is 11.6. The topological polar surface area (TPSA) is 75.6 Å². The molecule has 0 aliphatic carbocycles. The third kappa shape index (κ3) is 6.16. The third-order valence-electron chi connectivity index (χ3n) is 3.28. The van der Waals surface area contributed by atoms with E-state index in [0.29, 0.717) is 12.8 Å². The molecule has 1 aromatic carbocycles. The molecular formula is C17H25NO4. The van der Waals surface area contributed by atoms with Gasteiger partial charge in [0.2, 0.25) is 0 Å². The molecule has 0 radical (unpaired) electrons. The van der Waals surface area contributed by atoms with Crippen molar-refractivity contribution in [3.8, 4) is 0 Å². The molecule has 0 saturated carbocycles. The van der Waals surface area contributed by atoms with Crippen LogP contribution >= 0.6 is 0 Å². The maximum absolute atomic E-state index is 11.7. The first kappa shape index (κ1) is 18.0. The number of aryl methyl sites for hydroxylation is 3. The summed E-state index contributed by atoms with van der Waals surface area (Å²) in [5.74, 6) is -1.06. The fourth-order valence-corrected chi connectivity index (χ4v) is 1.98.